The topological polar surface area (TPSA) is 83.5 Å². The van der Waals surface area contributed by atoms with Crippen molar-refractivity contribution in [2.45, 2.75) is 51.2 Å². The Hall–Kier alpha value is -2.35. The minimum Gasteiger partial charge on any atom is -0.374 e. The van der Waals surface area contributed by atoms with Gasteiger partial charge in [-0.15, -0.1) is 0 Å². The summed E-state index contributed by atoms with van der Waals surface area (Å²) in [5.41, 5.74) is 3.05. The zero-order valence-corrected chi connectivity index (χ0v) is 22.0. The highest BCUT2D eigenvalue weighted by molar-refractivity contribution is 7.52. The van der Waals surface area contributed by atoms with Gasteiger partial charge in [-0.05, 0) is 23.6 Å². The van der Waals surface area contributed by atoms with E-state index in [1.54, 1.807) is 6.92 Å². The minimum atomic E-state index is -3.88. The predicted octanol–water partition coefficient (Wildman–Crippen LogP) is 5.36. The standard InChI is InChI=1S/C29H35O7P/c1-2-35-37(30,31)22-27-29(34-20-25-16-10-5-11-17-25)28(33-19-24-14-8-4-9-15-24)26(36-27)21-32-18-23-12-6-3-7-13-23/h3-17,26-29H,2,18-22H2,1H3,(H,30,31)/t26-,27-,28-,29-/m1/s1. The van der Waals surface area contributed by atoms with Gasteiger partial charge in [0.15, 0.2) is 0 Å². The Morgan fingerprint density at radius 2 is 1.19 bits per heavy atom. The monoisotopic (exact) mass is 526 g/mol. The van der Waals surface area contributed by atoms with E-state index in [1.807, 2.05) is 91.0 Å². The number of ether oxygens (including phenoxy) is 4. The van der Waals surface area contributed by atoms with Gasteiger partial charge in [-0.1, -0.05) is 91.0 Å². The van der Waals surface area contributed by atoms with E-state index in [9.17, 15) is 9.46 Å². The molecule has 1 N–H and O–H groups in total. The van der Waals surface area contributed by atoms with Crippen molar-refractivity contribution in [2.75, 3.05) is 19.4 Å². The van der Waals surface area contributed by atoms with Crippen LogP contribution in [0.5, 0.6) is 0 Å². The van der Waals surface area contributed by atoms with E-state index in [0.29, 0.717) is 19.8 Å². The van der Waals surface area contributed by atoms with Crippen molar-refractivity contribution in [1.29, 1.82) is 0 Å². The van der Waals surface area contributed by atoms with Crippen molar-refractivity contribution in [1.82, 2.24) is 0 Å². The molecule has 1 heterocycles. The van der Waals surface area contributed by atoms with Crippen molar-refractivity contribution < 1.29 is 32.9 Å². The zero-order valence-electron chi connectivity index (χ0n) is 21.1. The van der Waals surface area contributed by atoms with E-state index < -0.39 is 32.0 Å². The summed E-state index contributed by atoms with van der Waals surface area (Å²) in [4.78, 5) is 10.4. The van der Waals surface area contributed by atoms with Crippen LogP contribution in [0.3, 0.4) is 0 Å². The molecule has 0 aromatic heterocycles. The largest absolute Gasteiger partial charge is 0.374 e. The second kappa shape index (κ2) is 14.0. The number of hydrogen-bond donors (Lipinski definition) is 1. The van der Waals surface area contributed by atoms with E-state index in [2.05, 4.69) is 0 Å². The number of rotatable bonds is 14. The summed E-state index contributed by atoms with van der Waals surface area (Å²) in [7, 11) is -3.88. The van der Waals surface area contributed by atoms with Crippen LogP contribution in [0.4, 0.5) is 0 Å². The molecule has 37 heavy (non-hydrogen) atoms. The lowest BCUT2D eigenvalue weighted by molar-refractivity contribution is -0.0897. The Bertz CT molecular complexity index is 1100. The molecule has 5 atom stereocenters. The maximum atomic E-state index is 12.7. The van der Waals surface area contributed by atoms with Gasteiger partial charge in [0.05, 0.1) is 45.3 Å². The van der Waals surface area contributed by atoms with Gasteiger partial charge in [-0.25, -0.2) is 0 Å². The normalized spacial score (nSPS) is 23.1. The quantitative estimate of drug-likeness (QED) is 0.283. The smallest absolute Gasteiger partial charge is 0.330 e. The maximum Gasteiger partial charge on any atom is 0.330 e. The highest BCUT2D eigenvalue weighted by atomic mass is 31.2. The average Bonchev–Trinajstić information content (AvgIpc) is 3.22. The summed E-state index contributed by atoms with van der Waals surface area (Å²) in [6, 6.07) is 29.5. The molecule has 198 valence electrons. The molecule has 1 saturated heterocycles. The molecule has 0 aliphatic carbocycles. The van der Waals surface area contributed by atoms with Crippen molar-refractivity contribution in [2.24, 2.45) is 0 Å². The Labute approximate surface area is 218 Å². The molecule has 0 radical (unpaired) electrons. The van der Waals surface area contributed by atoms with Crippen LogP contribution >= 0.6 is 7.60 Å². The average molecular weight is 527 g/mol. The first-order valence-electron chi connectivity index (χ1n) is 12.6. The van der Waals surface area contributed by atoms with Crippen molar-refractivity contribution in [3.63, 3.8) is 0 Å². The van der Waals surface area contributed by atoms with Crippen LogP contribution in [0, 0.1) is 0 Å². The van der Waals surface area contributed by atoms with E-state index in [1.165, 1.54) is 0 Å². The molecule has 3 aromatic carbocycles. The van der Waals surface area contributed by atoms with Crippen LogP contribution in [-0.4, -0.2) is 48.7 Å². The van der Waals surface area contributed by atoms with Crippen LogP contribution in [-0.2, 0) is 47.9 Å². The zero-order chi connectivity index (χ0) is 25.9. The summed E-state index contributed by atoms with van der Waals surface area (Å²) >= 11 is 0. The SMILES string of the molecule is CCOP(=O)(O)C[C@H]1O[C@H](COCc2ccccc2)[C@@H](OCc2ccccc2)[C@@H]1OCc1ccccc1. The van der Waals surface area contributed by atoms with E-state index in [-0.39, 0.29) is 19.4 Å². The second-order valence-corrected chi connectivity index (χ2v) is 10.9. The molecule has 7 nitrogen and oxygen atoms in total. The summed E-state index contributed by atoms with van der Waals surface area (Å²) in [6.07, 6.45) is -2.47. The van der Waals surface area contributed by atoms with Gasteiger partial charge in [0.2, 0.25) is 0 Å². The molecule has 8 heteroatoms. The molecule has 1 unspecified atom stereocenters. The van der Waals surface area contributed by atoms with Gasteiger partial charge < -0.3 is 28.4 Å². The Morgan fingerprint density at radius 3 is 1.68 bits per heavy atom. The first-order chi connectivity index (χ1) is 18.0. The van der Waals surface area contributed by atoms with Gasteiger partial charge in [0.25, 0.3) is 0 Å². The predicted molar refractivity (Wildman–Crippen MR) is 141 cm³/mol. The molecule has 0 amide bonds. The van der Waals surface area contributed by atoms with Crippen LogP contribution in [0.15, 0.2) is 91.0 Å². The van der Waals surface area contributed by atoms with Crippen LogP contribution < -0.4 is 0 Å². The third kappa shape index (κ3) is 8.59. The third-order valence-corrected chi connectivity index (χ3v) is 7.59. The Balaban J connectivity index is 1.51. The molecule has 1 aliphatic rings. The minimum absolute atomic E-state index is 0.133. The molecule has 3 aromatic rings. The molecule has 0 saturated carbocycles. The lowest BCUT2D eigenvalue weighted by Crippen LogP contribution is -2.39. The highest BCUT2D eigenvalue weighted by Crippen LogP contribution is 2.45. The molecule has 1 fully saturated rings. The second-order valence-electron chi connectivity index (χ2n) is 8.97. The van der Waals surface area contributed by atoms with Crippen LogP contribution in [0.2, 0.25) is 0 Å². The fraction of sp³-hybridized carbons (Fsp3) is 0.379. The first-order valence-corrected chi connectivity index (χ1v) is 14.3. The summed E-state index contributed by atoms with van der Waals surface area (Å²) in [5, 5.41) is 0. The van der Waals surface area contributed by atoms with Gasteiger partial charge >= 0.3 is 7.60 Å². The molecular weight excluding hydrogens is 491 g/mol. The van der Waals surface area contributed by atoms with E-state index >= 15 is 0 Å². The molecule has 0 spiro atoms. The lowest BCUT2D eigenvalue weighted by Gasteiger charge is -2.26. The molecular formula is C29H35O7P. The first kappa shape index (κ1) is 27.7. The van der Waals surface area contributed by atoms with E-state index in [0.717, 1.165) is 16.7 Å². The van der Waals surface area contributed by atoms with Crippen LogP contribution in [0.25, 0.3) is 0 Å². The Morgan fingerprint density at radius 1 is 0.730 bits per heavy atom. The van der Waals surface area contributed by atoms with Gasteiger partial charge in [0.1, 0.15) is 18.3 Å². The maximum absolute atomic E-state index is 12.7. The van der Waals surface area contributed by atoms with Crippen molar-refractivity contribution in [3.05, 3.63) is 108 Å². The summed E-state index contributed by atoms with van der Waals surface area (Å²) in [5.74, 6) is 0. The van der Waals surface area contributed by atoms with Gasteiger partial charge in [-0.3, -0.25) is 4.57 Å². The molecule has 0 bridgehead atoms. The summed E-state index contributed by atoms with van der Waals surface area (Å²) < 4.78 is 42.8. The summed E-state index contributed by atoms with van der Waals surface area (Å²) in [6.45, 7) is 3.16. The van der Waals surface area contributed by atoms with Crippen molar-refractivity contribution >= 4 is 7.60 Å². The van der Waals surface area contributed by atoms with Crippen LogP contribution in [0.1, 0.15) is 23.6 Å². The fourth-order valence-electron chi connectivity index (χ4n) is 4.37. The van der Waals surface area contributed by atoms with Gasteiger partial charge in [-0.2, -0.15) is 0 Å². The lowest BCUT2D eigenvalue weighted by atomic mass is 10.1. The van der Waals surface area contributed by atoms with Gasteiger partial charge in [0, 0.05) is 0 Å². The Kier molecular flexibility index (Phi) is 10.5. The highest BCUT2D eigenvalue weighted by Gasteiger charge is 2.48. The molecule has 1 aliphatic heterocycles. The van der Waals surface area contributed by atoms with Crippen molar-refractivity contribution in [3.8, 4) is 0 Å². The fourth-order valence-corrected chi connectivity index (χ4v) is 5.63. The third-order valence-electron chi connectivity index (χ3n) is 6.11. The van der Waals surface area contributed by atoms with E-state index in [4.69, 9.17) is 23.5 Å². The number of hydrogen-bond acceptors (Lipinski definition) is 6. The molecule has 4 rings (SSSR count). The number of benzene rings is 3.